The fourth-order valence-corrected chi connectivity index (χ4v) is 3.60. The zero-order chi connectivity index (χ0) is 16.4. The number of hydrogen-bond acceptors (Lipinski definition) is 4. The number of carbonyl (C=O) groups is 1. The number of piperidine rings is 1. The van der Waals surface area contributed by atoms with Gasteiger partial charge < -0.3 is 15.0 Å². The van der Waals surface area contributed by atoms with Crippen LogP contribution in [-0.4, -0.2) is 57.9 Å². The first-order chi connectivity index (χ1) is 11.8. The minimum atomic E-state index is 0.0232. The lowest BCUT2D eigenvalue weighted by molar-refractivity contribution is 0.108. The van der Waals surface area contributed by atoms with Gasteiger partial charge in [0.05, 0.1) is 6.10 Å². The summed E-state index contributed by atoms with van der Waals surface area (Å²) in [5.41, 5.74) is 0.879. The summed E-state index contributed by atoms with van der Waals surface area (Å²) in [4.78, 5) is 14.2. The number of carbonyl (C=O) groups excluding carboxylic acids is 1. The number of amides is 2. The average molecular weight is 329 g/mol. The highest BCUT2D eigenvalue weighted by Crippen LogP contribution is 2.27. The highest BCUT2D eigenvalue weighted by molar-refractivity contribution is 5.74. The number of rotatable bonds is 3. The number of hydrogen-bond donors (Lipinski definition) is 1. The molecular formula is C17H23N5O2. The standard InChI is InChI=1S/C17H23N5O2/c23-17(18-12-14-4-3-11-24-14)21-9-6-13(7-10-21)16-20-19-15-5-1-2-8-22(15)16/h1-2,5,8,13-14H,3-4,6-7,9-12H2,(H,18,23)/t14-/m1/s1. The first-order valence-corrected chi connectivity index (χ1v) is 8.75. The van der Waals surface area contributed by atoms with E-state index >= 15 is 0 Å². The molecule has 2 aromatic heterocycles. The average Bonchev–Trinajstić information content (AvgIpc) is 3.29. The normalized spacial score (nSPS) is 22.2. The number of pyridine rings is 1. The SMILES string of the molecule is O=C(NC[C@H]1CCCO1)N1CCC(c2nnc3ccccn23)CC1. The lowest BCUT2D eigenvalue weighted by Gasteiger charge is -2.31. The monoisotopic (exact) mass is 329 g/mol. The molecule has 2 aliphatic heterocycles. The summed E-state index contributed by atoms with van der Waals surface area (Å²) >= 11 is 0. The Hall–Kier alpha value is -2.15. The molecule has 1 atom stereocenters. The summed E-state index contributed by atoms with van der Waals surface area (Å²) in [7, 11) is 0. The number of fused-ring (bicyclic) bond motifs is 1. The van der Waals surface area contributed by atoms with Crippen LogP contribution in [0.1, 0.15) is 37.4 Å². The lowest BCUT2D eigenvalue weighted by atomic mass is 9.96. The van der Waals surface area contributed by atoms with Crippen LogP contribution in [0, 0.1) is 0 Å². The molecular weight excluding hydrogens is 306 g/mol. The molecule has 24 heavy (non-hydrogen) atoms. The Kier molecular flexibility index (Phi) is 4.34. The van der Waals surface area contributed by atoms with Crippen molar-refractivity contribution in [2.24, 2.45) is 0 Å². The minimum Gasteiger partial charge on any atom is -0.376 e. The maximum Gasteiger partial charge on any atom is 0.317 e. The third-order valence-corrected chi connectivity index (χ3v) is 4.99. The van der Waals surface area contributed by atoms with Crippen LogP contribution >= 0.6 is 0 Å². The van der Waals surface area contributed by atoms with Gasteiger partial charge in [-0.1, -0.05) is 6.07 Å². The van der Waals surface area contributed by atoms with E-state index in [1.807, 2.05) is 29.3 Å². The van der Waals surface area contributed by atoms with Gasteiger partial charge in [0.2, 0.25) is 0 Å². The zero-order valence-electron chi connectivity index (χ0n) is 13.7. The Morgan fingerprint density at radius 1 is 1.25 bits per heavy atom. The van der Waals surface area contributed by atoms with Gasteiger partial charge >= 0.3 is 6.03 Å². The summed E-state index contributed by atoms with van der Waals surface area (Å²) in [5.74, 6) is 1.36. The van der Waals surface area contributed by atoms with E-state index in [-0.39, 0.29) is 12.1 Å². The molecule has 2 fully saturated rings. The second-order valence-electron chi connectivity index (χ2n) is 6.57. The third kappa shape index (κ3) is 3.08. The van der Waals surface area contributed by atoms with Crippen molar-refractivity contribution in [2.45, 2.75) is 37.7 Å². The van der Waals surface area contributed by atoms with E-state index in [2.05, 4.69) is 19.9 Å². The number of nitrogens with zero attached hydrogens (tertiary/aromatic N) is 4. The van der Waals surface area contributed by atoms with E-state index in [1.165, 1.54) is 0 Å². The van der Waals surface area contributed by atoms with Crippen molar-refractivity contribution in [1.29, 1.82) is 0 Å². The minimum absolute atomic E-state index is 0.0232. The van der Waals surface area contributed by atoms with Crippen molar-refractivity contribution in [3.8, 4) is 0 Å². The fraction of sp³-hybridized carbons (Fsp3) is 0.588. The second kappa shape index (κ2) is 6.76. The lowest BCUT2D eigenvalue weighted by Crippen LogP contribution is -2.46. The van der Waals surface area contributed by atoms with Gasteiger partial charge in [0.1, 0.15) is 5.82 Å². The number of nitrogens with one attached hydrogen (secondary N) is 1. The maximum absolute atomic E-state index is 12.3. The molecule has 1 N–H and O–H groups in total. The molecule has 2 amide bonds. The van der Waals surface area contributed by atoms with Crippen molar-refractivity contribution in [3.63, 3.8) is 0 Å². The Balaban J connectivity index is 1.32. The zero-order valence-corrected chi connectivity index (χ0v) is 13.7. The largest absolute Gasteiger partial charge is 0.376 e. The van der Waals surface area contributed by atoms with Crippen molar-refractivity contribution < 1.29 is 9.53 Å². The molecule has 0 aromatic carbocycles. The molecule has 0 saturated carbocycles. The summed E-state index contributed by atoms with van der Waals surface area (Å²) in [6.45, 7) is 2.94. The molecule has 0 aliphatic carbocycles. The van der Waals surface area contributed by atoms with Gasteiger partial charge in [-0.05, 0) is 37.8 Å². The third-order valence-electron chi connectivity index (χ3n) is 4.99. The van der Waals surface area contributed by atoms with E-state index in [0.717, 1.165) is 56.9 Å². The smallest absolute Gasteiger partial charge is 0.317 e. The molecule has 0 bridgehead atoms. The molecule has 7 heteroatoms. The molecule has 7 nitrogen and oxygen atoms in total. The van der Waals surface area contributed by atoms with E-state index < -0.39 is 0 Å². The first kappa shape index (κ1) is 15.4. The second-order valence-corrected chi connectivity index (χ2v) is 6.57. The van der Waals surface area contributed by atoms with Crippen molar-refractivity contribution >= 4 is 11.7 Å². The van der Waals surface area contributed by atoms with Crippen molar-refractivity contribution in [2.75, 3.05) is 26.2 Å². The fourth-order valence-electron chi connectivity index (χ4n) is 3.60. The van der Waals surface area contributed by atoms with Crippen LogP contribution in [0.2, 0.25) is 0 Å². The molecule has 0 spiro atoms. The molecule has 0 radical (unpaired) electrons. The molecule has 4 heterocycles. The van der Waals surface area contributed by atoms with Gasteiger partial charge in [-0.2, -0.15) is 0 Å². The molecule has 4 rings (SSSR count). The Morgan fingerprint density at radius 3 is 2.92 bits per heavy atom. The Bertz CT molecular complexity index is 702. The van der Waals surface area contributed by atoms with Crippen LogP contribution in [0.3, 0.4) is 0 Å². The van der Waals surface area contributed by atoms with Gasteiger partial charge in [-0.3, -0.25) is 4.40 Å². The van der Waals surface area contributed by atoms with Crippen LogP contribution in [0.4, 0.5) is 4.79 Å². The first-order valence-electron chi connectivity index (χ1n) is 8.75. The quantitative estimate of drug-likeness (QED) is 0.932. The van der Waals surface area contributed by atoms with Crippen LogP contribution in [0.15, 0.2) is 24.4 Å². The number of urea groups is 1. The highest BCUT2D eigenvalue weighted by atomic mass is 16.5. The topological polar surface area (TPSA) is 71.8 Å². The maximum atomic E-state index is 12.3. The van der Waals surface area contributed by atoms with E-state index in [1.54, 1.807) is 0 Å². The molecule has 2 aliphatic rings. The van der Waals surface area contributed by atoms with Crippen LogP contribution in [-0.2, 0) is 4.74 Å². The molecule has 128 valence electrons. The van der Waals surface area contributed by atoms with Gasteiger partial charge in [-0.15, -0.1) is 10.2 Å². The molecule has 2 saturated heterocycles. The number of aromatic nitrogens is 3. The summed E-state index contributed by atoms with van der Waals surface area (Å²) < 4.78 is 7.60. The molecule has 2 aromatic rings. The van der Waals surface area contributed by atoms with Gasteiger partial charge in [0.25, 0.3) is 0 Å². The van der Waals surface area contributed by atoms with Gasteiger partial charge in [0, 0.05) is 38.4 Å². The predicted octanol–water partition coefficient (Wildman–Crippen LogP) is 1.80. The van der Waals surface area contributed by atoms with Crippen LogP contribution < -0.4 is 5.32 Å². The number of likely N-dealkylation sites (tertiary alicyclic amines) is 1. The molecule has 0 unspecified atom stereocenters. The highest BCUT2D eigenvalue weighted by Gasteiger charge is 2.27. The van der Waals surface area contributed by atoms with Crippen LogP contribution in [0.25, 0.3) is 5.65 Å². The Labute approximate surface area is 141 Å². The van der Waals surface area contributed by atoms with Crippen molar-refractivity contribution in [1.82, 2.24) is 24.8 Å². The van der Waals surface area contributed by atoms with E-state index in [4.69, 9.17) is 4.74 Å². The Morgan fingerprint density at radius 2 is 2.12 bits per heavy atom. The predicted molar refractivity (Wildman–Crippen MR) is 88.9 cm³/mol. The van der Waals surface area contributed by atoms with Gasteiger partial charge in [-0.25, -0.2) is 4.79 Å². The van der Waals surface area contributed by atoms with Crippen LogP contribution in [0.5, 0.6) is 0 Å². The van der Waals surface area contributed by atoms with Gasteiger partial charge in [0.15, 0.2) is 5.65 Å². The summed E-state index contributed by atoms with van der Waals surface area (Å²) in [6, 6.07) is 5.95. The summed E-state index contributed by atoms with van der Waals surface area (Å²) in [5, 5.41) is 11.6. The van der Waals surface area contributed by atoms with E-state index in [9.17, 15) is 4.79 Å². The van der Waals surface area contributed by atoms with Crippen molar-refractivity contribution in [3.05, 3.63) is 30.2 Å². The summed E-state index contributed by atoms with van der Waals surface area (Å²) in [6.07, 6.45) is 6.17. The van der Waals surface area contributed by atoms with E-state index in [0.29, 0.717) is 12.5 Å². The number of ether oxygens (including phenoxy) is 1.